The SMILES string of the molecule is CC/C=C\C/C=C\C/C=C\C/C=C\C/C=C/SCCCC(=O)OC. The third kappa shape index (κ3) is 18.6. The van der Waals surface area contributed by atoms with Gasteiger partial charge in [0.15, 0.2) is 0 Å². The maximum absolute atomic E-state index is 10.9. The molecule has 0 aromatic rings. The van der Waals surface area contributed by atoms with Gasteiger partial charge in [-0.2, -0.15) is 0 Å². The van der Waals surface area contributed by atoms with E-state index in [9.17, 15) is 4.79 Å². The van der Waals surface area contributed by atoms with E-state index in [0.717, 1.165) is 44.3 Å². The first-order chi connectivity index (χ1) is 11.8. The summed E-state index contributed by atoms with van der Waals surface area (Å²) in [5.74, 6) is 0.833. The molecule has 2 nitrogen and oxygen atoms in total. The highest BCUT2D eigenvalue weighted by molar-refractivity contribution is 8.02. The smallest absolute Gasteiger partial charge is 0.305 e. The Kier molecular flexibility index (Phi) is 18.4. The van der Waals surface area contributed by atoms with Gasteiger partial charge in [0.25, 0.3) is 0 Å². The number of methoxy groups -OCH3 is 1. The van der Waals surface area contributed by atoms with Crippen molar-refractivity contribution in [2.75, 3.05) is 12.9 Å². The van der Waals surface area contributed by atoms with Crippen molar-refractivity contribution in [3.8, 4) is 0 Å². The Morgan fingerprint density at radius 3 is 1.83 bits per heavy atom. The summed E-state index contributed by atoms with van der Waals surface area (Å²) in [4.78, 5) is 10.9. The minimum absolute atomic E-state index is 0.126. The molecule has 0 N–H and O–H groups in total. The lowest BCUT2D eigenvalue weighted by molar-refractivity contribution is -0.140. The first-order valence-corrected chi connectivity index (χ1v) is 9.79. The summed E-state index contributed by atoms with van der Waals surface area (Å²) in [5.41, 5.74) is 0. The molecule has 0 unspecified atom stereocenters. The van der Waals surface area contributed by atoms with E-state index in [0.29, 0.717) is 6.42 Å². The molecule has 0 aliphatic rings. The maximum atomic E-state index is 10.9. The lowest BCUT2D eigenvalue weighted by atomic mass is 10.2. The van der Waals surface area contributed by atoms with Crippen LogP contribution >= 0.6 is 11.8 Å². The fourth-order valence-electron chi connectivity index (χ4n) is 1.75. The number of allylic oxidation sites excluding steroid dienone is 9. The van der Waals surface area contributed by atoms with E-state index in [4.69, 9.17) is 0 Å². The van der Waals surface area contributed by atoms with E-state index in [-0.39, 0.29) is 5.97 Å². The molecule has 3 heteroatoms. The summed E-state index contributed by atoms with van der Waals surface area (Å²) in [6, 6.07) is 0. The van der Waals surface area contributed by atoms with Crippen molar-refractivity contribution in [3.05, 3.63) is 60.1 Å². The fraction of sp³-hybridized carbons (Fsp3) is 0.476. The molecule has 0 saturated heterocycles. The van der Waals surface area contributed by atoms with Crippen LogP contribution in [-0.4, -0.2) is 18.8 Å². The van der Waals surface area contributed by atoms with Gasteiger partial charge in [-0.3, -0.25) is 4.79 Å². The van der Waals surface area contributed by atoms with Crippen molar-refractivity contribution in [2.45, 2.75) is 51.9 Å². The minimum atomic E-state index is -0.126. The molecule has 0 rings (SSSR count). The number of esters is 1. The molecule has 0 bridgehead atoms. The molecule has 0 radical (unpaired) electrons. The van der Waals surface area contributed by atoms with Crippen molar-refractivity contribution < 1.29 is 9.53 Å². The average Bonchev–Trinajstić information content (AvgIpc) is 2.60. The molecule has 134 valence electrons. The highest BCUT2D eigenvalue weighted by atomic mass is 32.2. The van der Waals surface area contributed by atoms with Gasteiger partial charge in [0.2, 0.25) is 0 Å². The topological polar surface area (TPSA) is 26.3 Å². The Hall–Kier alpha value is -1.48. The second-order valence-corrected chi connectivity index (χ2v) is 6.17. The van der Waals surface area contributed by atoms with E-state index in [1.807, 2.05) is 0 Å². The normalized spacial score (nSPS) is 12.6. The average molecular weight is 349 g/mol. The molecule has 0 aromatic carbocycles. The van der Waals surface area contributed by atoms with Crippen LogP contribution in [0.25, 0.3) is 0 Å². The second-order valence-electron chi connectivity index (χ2n) is 5.16. The van der Waals surface area contributed by atoms with Gasteiger partial charge in [-0.15, -0.1) is 11.8 Å². The Bertz CT molecular complexity index is 431. The number of carbonyl (C=O) groups is 1. The van der Waals surface area contributed by atoms with Crippen LogP contribution in [-0.2, 0) is 9.53 Å². The summed E-state index contributed by atoms with van der Waals surface area (Å²) < 4.78 is 4.60. The first kappa shape index (κ1) is 22.5. The van der Waals surface area contributed by atoms with E-state index in [1.165, 1.54) is 7.11 Å². The van der Waals surface area contributed by atoms with Crippen molar-refractivity contribution in [2.24, 2.45) is 0 Å². The molecule has 0 aliphatic carbocycles. The number of hydrogen-bond acceptors (Lipinski definition) is 3. The Labute approximate surface area is 152 Å². The molecule has 0 aromatic heterocycles. The fourth-order valence-corrected chi connectivity index (χ4v) is 2.44. The molecular formula is C21H32O2S. The zero-order chi connectivity index (χ0) is 17.7. The van der Waals surface area contributed by atoms with Gasteiger partial charge >= 0.3 is 5.97 Å². The predicted octanol–water partition coefficient (Wildman–Crippen LogP) is 6.38. The van der Waals surface area contributed by atoms with Crippen LogP contribution in [0.2, 0.25) is 0 Å². The van der Waals surface area contributed by atoms with Crippen molar-refractivity contribution in [3.63, 3.8) is 0 Å². The third-order valence-corrected chi connectivity index (χ3v) is 3.96. The van der Waals surface area contributed by atoms with E-state index in [2.05, 4.69) is 71.8 Å². The van der Waals surface area contributed by atoms with Crippen molar-refractivity contribution in [1.82, 2.24) is 0 Å². The summed E-state index contributed by atoms with van der Waals surface area (Å²) >= 11 is 1.74. The quantitative estimate of drug-likeness (QED) is 0.207. The highest BCUT2D eigenvalue weighted by Gasteiger charge is 1.97. The van der Waals surface area contributed by atoms with Crippen LogP contribution in [0.3, 0.4) is 0 Å². The number of carbonyl (C=O) groups excluding carboxylic acids is 1. The highest BCUT2D eigenvalue weighted by Crippen LogP contribution is 2.07. The van der Waals surface area contributed by atoms with Gasteiger partial charge < -0.3 is 4.74 Å². The third-order valence-electron chi connectivity index (χ3n) is 3.05. The summed E-state index contributed by atoms with van der Waals surface area (Å²) in [6.45, 7) is 2.15. The summed E-state index contributed by atoms with van der Waals surface area (Å²) in [5, 5.41) is 2.11. The number of rotatable bonds is 14. The molecular weight excluding hydrogens is 316 g/mol. The van der Waals surface area contributed by atoms with E-state index < -0.39 is 0 Å². The lowest BCUT2D eigenvalue weighted by Gasteiger charge is -1.96. The van der Waals surface area contributed by atoms with Crippen LogP contribution < -0.4 is 0 Å². The molecule has 0 atom stereocenters. The maximum Gasteiger partial charge on any atom is 0.305 e. The minimum Gasteiger partial charge on any atom is -0.469 e. The van der Waals surface area contributed by atoms with Gasteiger partial charge in [-0.25, -0.2) is 0 Å². The number of thioether (sulfide) groups is 1. The predicted molar refractivity (Wildman–Crippen MR) is 108 cm³/mol. The van der Waals surface area contributed by atoms with Gasteiger partial charge in [0.1, 0.15) is 0 Å². The number of ether oxygens (including phenoxy) is 1. The lowest BCUT2D eigenvalue weighted by Crippen LogP contribution is -1.99. The van der Waals surface area contributed by atoms with E-state index in [1.54, 1.807) is 11.8 Å². The zero-order valence-electron chi connectivity index (χ0n) is 15.2. The number of hydrogen-bond donors (Lipinski definition) is 0. The molecule has 0 aliphatic heterocycles. The van der Waals surface area contributed by atoms with Crippen LogP contribution in [0.4, 0.5) is 0 Å². The molecule has 0 amide bonds. The molecule has 0 fully saturated rings. The largest absolute Gasteiger partial charge is 0.469 e. The Balaban J connectivity index is 3.45. The Morgan fingerprint density at radius 2 is 1.33 bits per heavy atom. The van der Waals surface area contributed by atoms with E-state index >= 15 is 0 Å². The Morgan fingerprint density at radius 1 is 0.833 bits per heavy atom. The molecule has 0 saturated carbocycles. The van der Waals surface area contributed by atoms with Gasteiger partial charge in [0, 0.05) is 6.42 Å². The van der Waals surface area contributed by atoms with Crippen LogP contribution in [0.5, 0.6) is 0 Å². The van der Waals surface area contributed by atoms with Gasteiger partial charge in [-0.1, -0.05) is 61.6 Å². The first-order valence-electron chi connectivity index (χ1n) is 8.74. The molecule has 24 heavy (non-hydrogen) atoms. The van der Waals surface area contributed by atoms with Crippen LogP contribution in [0, 0.1) is 0 Å². The summed E-state index contributed by atoms with van der Waals surface area (Å²) in [7, 11) is 1.43. The van der Waals surface area contributed by atoms with Crippen LogP contribution in [0.15, 0.2) is 60.1 Å². The van der Waals surface area contributed by atoms with Gasteiger partial charge in [0.05, 0.1) is 7.11 Å². The second kappa shape index (κ2) is 19.6. The summed E-state index contributed by atoms with van der Waals surface area (Å²) in [6.07, 6.45) is 26.2. The standard InChI is InChI=1S/C21H32O2S/c1-3-4-5-6-7-8-9-10-11-12-13-14-15-16-19-24-20-17-18-21(22)23-2/h4-5,7-8,10-11,13-14,16,19H,3,6,9,12,15,17-18,20H2,1-2H3/b5-4-,8-7-,11-10-,14-13-,19-16+. The molecule has 0 heterocycles. The zero-order valence-corrected chi connectivity index (χ0v) is 16.0. The van der Waals surface area contributed by atoms with Gasteiger partial charge in [-0.05, 0) is 49.7 Å². The monoisotopic (exact) mass is 348 g/mol. The van der Waals surface area contributed by atoms with Crippen molar-refractivity contribution >= 4 is 17.7 Å². The van der Waals surface area contributed by atoms with Crippen LogP contribution in [0.1, 0.15) is 51.9 Å². The molecule has 0 spiro atoms. The van der Waals surface area contributed by atoms with Crippen molar-refractivity contribution in [1.29, 1.82) is 0 Å².